The standard InChI is InChI=1S/C18H33N3/c1-19-6-3-18(14-19)4-7-21(8-5-18)11-15-9-16-12-20(2)13-17(16)10-15/h15-17H,3-14H2,1-2H3. The van der Waals surface area contributed by atoms with E-state index in [0.717, 1.165) is 17.8 Å². The van der Waals surface area contributed by atoms with Crippen LogP contribution in [0.4, 0.5) is 0 Å². The fourth-order valence-corrected chi connectivity index (χ4v) is 5.95. The van der Waals surface area contributed by atoms with Gasteiger partial charge in [0.15, 0.2) is 0 Å². The molecule has 2 unspecified atom stereocenters. The Kier molecular flexibility index (Phi) is 3.79. The summed E-state index contributed by atoms with van der Waals surface area (Å²) in [6.07, 6.45) is 7.40. The van der Waals surface area contributed by atoms with Crippen molar-refractivity contribution in [3.05, 3.63) is 0 Å². The Morgan fingerprint density at radius 1 is 0.857 bits per heavy atom. The second-order valence-corrected chi connectivity index (χ2v) is 8.87. The first-order valence-corrected chi connectivity index (χ1v) is 9.21. The van der Waals surface area contributed by atoms with E-state index in [2.05, 4.69) is 28.8 Å². The van der Waals surface area contributed by atoms with Crippen LogP contribution in [0.1, 0.15) is 32.1 Å². The summed E-state index contributed by atoms with van der Waals surface area (Å²) < 4.78 is 0. The molecule has 21 heavy (non-hydrogen) atoms. The number of nitrogens with zero attached hydrogens (tertiary/aromatic N) is 3. The second kappa shape index (κ2) is 5.50. The van der Waals surface area contributed by atoms with Crippen LogP contribution in [-0.2, 0) is 0 Å². The summed E-state index contributed by atoms with van der Waals surface area (Å²) in [6, 6.07) is 0. The molecule has 3 nitrogen and oxygen atoms in total. The summed E-state index contributed by atoms with van der Waals surface area (Å²) in [6.45, 7) is 9.59. The van der Waals surface area contributed by atoms with E-state index in [4.69, 9.17) is 0 Å². The predicted molar refractivity (Wildman–Crippen MR) is 87.4 cm³/mol. The molecular formula is C18H33N3. The Bertz CT molecular complexity index is 361. The first kappa shape index (κ1) is 14.5. The van der Waals surface area contributed by atoms with Gasteiger partial charge in [0.05, 0.1) is 0 Å². The largest absolute Gasteiger partial charge is 0.306 e. The molecule has 3 heteroatoms. The highest BCUT2D eigenvalue weighted by atomic mass is 15.2. The van der Waals surface area contributed by atoms with Crippen molar-refractivity contribution in [1.82, 2.24) is 14.7 Å². The average molecular weight is 291 g/mol. The Morgan fingerprint density at radius 2 is 1.48 bits per heavy atom. The van der Waals surface area contributed by atoms with Crippen LogP contribution < -0.4 is 0 Å². The van der Waals surface area contributed by atoms with Crippen LogP contribution in [0.25, 0.3) is 0 Å². The summed E-state index contributed by atoms with van der Waals surface area (Å²) >= 11 is 0. The summed E-state index contributed by atoms with van der Waals surface area (Å²) in [7, 11) is 4.60. The summed E-state index contributed by atoms with van der Waals surface area (Å²) in [4.78, 5) is 7.90. The van der Waals surface area contributed by atoms with Crippen molar-refractivity contribution < 1.29 is 0 Å². The molecule has 0 bridgehead atoms. The van der Waals surface area contributed by atoms with Gasteiger partial charge in [-0.15, -0.1) is 0 Å². The molecule has 1 aliphatic carbocycles. The van der Waals surface area contributed by atoms with Gasteiger partial charge in [-0.2, -0.15) is 0 Å². The van der Waals surface area contributed by atoms with E-state index in [1.165, 1.54) is 77.9 Å². The van der Waals surface area contributed by atoms with Gasteiger partial charge >= 0.3 is 0 Å². The molecule has 0 aromatic rings. The number of likely N-dealkylation sites (tertiary alicyclic amines) is 3. The van der Waals surface area contributed by atoms with Crippen LogP contribution in [0.2, 0.25) is 0 Å². The Labute approximate surface area is 130 Å². The third kappa shape index (κ3) is 2.89. The van der Waals surface area contributed by atoms with Crippen molar-refractivity contribution in [3.63, 3.8) is 0 Å². The predicted octanol–water partition coefficient (Wildman–Crippen LogP) is 1.99. The fraction of sp³-hybridized carbons (Fsp3) is 1.00. The topological polar surface area (TPSA) is 9.72 Å². The van der Waals surface area contributed by atoms with Gasteiger partial charge in [-0.25, -0.2) is 0 Å². The van der Waals surface area contributed by atoms with E-state index < -0.39 is 0 Å². The van der Waals surface area contributed by atoms with Crippen LogP contribution >= 0.6 is 0 Å². The van der Waals surface area contributed by atoms with E-state index >= 15 is 0 Å². The molecule has 1 saturated carbocycles. The molecule has 4 fully saturated rings. The maximum atomic E-state index is 2.80. The minimum absolute atomic E-state index is 0.695. The van der Waals surface area contributed by atoms with Gasteiger partial charge in [-0.1, -0.05) is 0 Å². The number of hydrogen-bond acceptors (Lipinski definition) is 3. The maximum Gasteiger partial charge on any atom is 0.00364 e. The van der Waals surface area contributed by atoms with Crippen LogP contribution in [-0.4, -0.2) is 74.6 Å². The number of piperidine rings is 1. The number of fused-ring (bicyclic) bond motifs is 1. The van der Waals surface area contributed by atoms with Gasteiger partial charge in [-0.05, 0) is 89.0 Å². The fourth-order valence-electron chi connectivity index (χ4n) is 5.95. The lowest BCUT2D eigenvalue weighted by Gasteiger charge is -2.40. The Hall–Kier alpha value is -0.120. The van der Waals surface area contributed by atoms with Gasteiger partial charge in [0.25, 0.3) is 0 Å². The molecule has 0 radical (unpaired) electrons. The Morgan fingerprint density at radius 3 is 2.05 bits per heavy atom. The molecule has 0 aromatic carbocycles. The number of rotatable bonds is 2. The van der Waals surface area contributed by atoms with Crippen molar-refractivity contribution >= 4 is 0 Å². The summed E-state index contributed by atoms with van der Waals surface area (Å²) in [5.74, 6) is 3.06. The van der Waals surface area contributed by atoms with Crippen molar-refractivity contribution in [3.8, 4) is 0 Å². The molecule has 0 aromatic heterocycles. The van der Waals surface area contributed by atoms with Crippen molar-refractivity contribution in [2.45, 2.75) is 32.1 Å². The third-order valence-electron chi connectivity index (χ3n) is 7.09. The quantitative estimate of drug-likeness (QED) is 0.770. The molecule has 4 aliphatic rings. The SMILES string of the molecule is CN1CC2CC(CN3CCC4(CCN(C)C4)CC3)CC2C1. The highest BCUT2D eigenvalue weighted by Crippen LogP contribution is 2.43. The minimum Gasteiger partial charge on any atom is -0.306 e. The smallest absolute Gasteiger partial charge is 0.00364 e. The highest BCUT2D eigenvalue weighted by molar-refractivity contribution is 4.95. The molecular weight excluding hydrogens is 258 g/mol. The normalized spacial score (nSPS) is 41.1. The first-order valence-electron chi connectivity index (χ1n) is 9.21. The van der Waals surface area contributed by atoms with Crippen LogP contribution in [0.15, 0.2) is 0 Å². The lowest BCUT2D eigenvalue weighted by molar-refractivity contribution is 0.0967. The zero-order valence-corrected chi connectivity index (χ0v) is 14.1. The second-order valence-electron chi connectivity index (χ2n) is 8.87. The van der Waals surface area contributed by atoms with Crippen molar-refractivity contribution in [2.24, 2.45) is 23.2 Å². The zero-order valence-electron chi connectivity index (χ0n) is 14.1. The maximum absolute atomic E-state index is 2.80. The van der Waals surface area contributed by atoms with E-state index in [0.29, 0.717) is 5.41 Å². The first-order chi connectivity index (χ1) is 10.1. The van der Waals surface area contributed by atoms with Crippen LogP contribution in [0.3, 0.4) is 0 Å². The minimum atomic E-state index is 0.695. The molecule has 120 valence electrons. The van der Waals surface area contributed by atoms with E-state index in [9.17, 15) is 0 Å². The number of hydrogen-bond donors (Lipinski definition) is 0. The summed E-state index contributed by atoms with van der Waals surface area (Å²) in [5, 5.41) is 0. The van der Waals surface area contributed by atoms with Gasteiger partial charge in [-0.3, -0.25) is 0 Å². The third-order valence-corrected chi connectivity index (χ3v) is 7.09. The molecule has 3 aliphatic heterocycles. The molecule has 0 N–H and O–H groups in total. The van der Waals surface area contributed by atoms with Gasteiger partial charge in [0, 0.05) is 26.2 Å². The van der Waals surface area contributed by atoms with Crippen LogP contribution in [0.5, 0.6) is 0 Å². The van der Waals surface area contributed by atoms with Gasteiger partial charge in [0.2, 0.25) is 0 Å². The van der Waals surface area contributed by atoms with Gasteiger partial charge < -0.3 is 14.7 Å². The Balaban J connectivity index is 1.25. The molecule has 1 spiro atoms. The van der Waals surface area contributed by atoms with Crippen molar-refractivity contribution in [1.29, 1.82) is 0 Å². The van der Waals surface area contributed by atoms with E-state index in [-0.39, 0.29) is 0 Å². The molecule has 0 amide bonds. The zero-order chi connectivity index (χ0) is 14.4. The molecule has 3 saturated heterocycles. The molecule has 4 rings (SSSR count). The monoisotopic (exact) mass is 291 g/mol. The average Bonchev–Trinajstić information content (AvgIpc) is 3.07. The van der Waals surface area contributed by atoms with E-state index in [1.807, 2.05) is 0 Å². The highest BCUT2D eigenvalue weighted by Gasteiger charge is 2.42. The molecule has 2 atom stereocenters. The van der Waals surface area contributed by atoms with Crippen molar-refractivity contribution in [2.75, 3.05) is 59.9 Å². The van der Waals surface area contributed by atoms with E-state index in [1.54, 1.807) is 0 Å². The molecule has 3 heterocycles. The van der Waals surface area contributed by atoms with Crippen LogP contribution in [0, 0.1) is 23.2 Å². The lowest BCUT2D eigenvalue weighted by Crippen LogP contribution is -2.43. The van der Waals surface area contributed by atoms with Gasteiger partial charge in [0.1, 0.15) is 0 Å². The lowest BCUT2D eigenvalue weighted by atomic mass is 9.77. The summed E-state index contributed by atoms with van der Waals surface area (Å²) in [5.41, 5.74) is 0.695.